The van der Waals surface area contributed by atoms with E-state index in [1.54, 1.807) is 0 Å². The fourth-order valence-electron chi connectivity index (χ4n) is 2.21. The predicted molar refractivity (Wildman–Crippen MR) is 38.1 cm³/mol. The van der Waals surface area contributed by atoms with E-state index in [0.29, 0.717) is 11.5 Å². The molecule has 0 saturated heterocycles. The molecule has 0 heterocycles. The predicted octanol–water partition coefficient (Wildman–Crippen LogP) is 1.67. The van der Waals surface area contributed by atoms with Gasteiger partial charge < -0.3 is 5.73 Å². The molecule has 2 N–H and O–H groups in total. The van der Waals surface area contributed by atoms with Gasteiger partial charge in [-0.1, -0.05) is 19.3 Å². The van der Waals surface area contributed by atoms with E-state index < -0.39 is 0 Å². The van der Waals surface area contributed by atoms with Gasteiger partial charge in [0.05, 0.1) is 0 Å². The van der Waals surface area contributed by atoms with Gasteiger partial charge in [0.15, 0.2) is 0 Å². The van der Waals surface area contributed by atoms with Gasteiger partial charge in [-0.05, 0) is 24.7 Å². The van der Waals surface area contributed by atoms with Crippen LogP contribution in [0.25, 0.3) is 0 Å². The Morgan fingerprint density at radius 3 is 2.00 bits per heavy atom. The van der Waals surface area contributed by atoms with Crippen molar-refractivity contribution in [3.05, 3.63) is 0 Å². The van der Waals surface area contributed by atoms with Crippen LogP contribution in [0.5, 0.6) is 0 Å². The highest BCUT2D eigenvalue weighted by molar-refractivity contribution is 5.06. The van der Waals surface area contributed by atoms with Crippen molar-refractivity contribution >= 4 is 0 Å². The Bertz CT molecular complexity index is 114. The second kappa shape index (κ2) is 1.72. The zero-order valence-corrected chi connectivity index (χ0v) is 5.90. The second-order valence-corrected chi connectivity index (χ2v) is 3.73. The van der Waals surface area contributed by atoms with Crippen molar-refractivity contribution < 1.29 is 0 Å². The molecule has 2 saturated carbocycles. The molecule has 0 aliphatic heterocycles. The van der Waals surface area contributed by atoms with Crippen LogP contribution < -0.4 is 5.73 Å². The lowest BCUT2D eigenvalue weighted by Gasteiger charge is -2.20. The highest BCUT2D eigenvalue weighted by Crippen LogP contribution is 2.54. The van der Waals surface area contributed by atoms with Crippen LogP contribution in [0.1, 0.15) is 38.5 Å². The average Bonchev–Trinajstić information content (AvgIpc) is 2.44. The monoisotopic (exact) mass is 125 g/mol. The van der Waals surface area contributed by atoms with E-state index in [2.05, 4.69) is 0 Å². The Labute approximate surface area is 56.6 Å². The molecule has 1 nitrogen and oxygen atoms in total. The molecule has 1 spiro atoms. The molecule has 0 aromatic rings. The Morgan fingerprint density at radius 2 is 1.67 bits per heavy atom. The van der Waals surface area contributed by atoms with Gasteiger partial charge in [0.2, 0.25) is 0 Å². The molecular weight excluding hydrogens is 110 g/mol. The zero-order valence-electron chi connectivity index (χ0n) is 5.90. The first-order chi connectivity index (χ1) is 4.33. The van der Waals surface area contributed by atoms with Crippen LogP contribution in [0.4, 0.5) is 0 Å². The Kier molecular flexibility index (Phi) is 1.10. The van der Waals surface area contributed by atoms with Crippen molar-refractivity contribution in [3.8, 4) is 0 Å². The minimum atomic E-state index is 0.581. The van der Waals surface area contributed by atoms with Crippen molar-refractivity contribution in [1.29, 1.82) is 0 Å². The topological polar surface area (TPSA) is 26.0 Å². The maximum atomic E-state index is 5.83. The number of rotatable bonds is 0. The van der Waals surface area contributed by atoms with E-state index in [0.717, 1.165) is 0 Å². The summed E-state index contributed by atoms with van der Waals surface area (Å²) in [6.07, 6.45) is 8.51. The van der Waals surface area contributed by atoms with Gasteiger partial charge in [0.25, 0.3) is 0 Å². The standard InChI is InChI=1S/C8H15N/c9-7-6-8(7)4-2-1-3-5-8/h7H,1-6,9H2/t7-/m1/s1. The Morgan fingerprint density at radius 1 is 1.11 bits per heavy atom. The minimum Gasteiger partial charge on any atom is -0.327 e. The van der Waals surface area contributed by atoms with E-state index in [4.69, 9.17) is 5.73 Å². The molecule has 2 aliphatic rings. The summed E-state index contributed by atoms with van der Waals surface area (Å²) in [7, 11) is 0. The lowest BCUT2D eigenvalue weighted by atomic mass is 9.86. The molecule has 9 heavy (non-hydrogen) atoms. The fraction of sp³-hybridized carbons (Fsp3) is 1.00. The highest BCUT2D eigenvalue weighted by Gasteiger charge is 2.51. The normalized spacial score (nSPS) is 39.0. The molecule has 0 bridgehead atoms. The third-order valence-corrected chi connectivity index (χ3v) is 3.10. The Balaban J connectivity index is 1.97. The van der Waals surface area contributed by atoms with Gasteiger partial charge >= 0.3 is 0 Å². The molecule has 52 valence electrons. The molecule has 0 radical (unpaired) electrons. The lowest BCUT2D eigenvalue weighted by molar-refractivity contribution is 0.326. The first-order valence-corrected chi connectivity index (χ1v) is 4.09. The van der Waals surface area contributed by atoms with Crippen molar-refractivity contribution in [2.24, 2.45) is 11.1 Å². The van der Waals surface area contributed by atoms with Crippen LogP contribution >= 0.6 is 0 Å². The summed E-state index contributed by atoms with van der Waals surface area (Å²) in [6.45, 7) is 0. The molecule has 0 aromatic heterocycles. The third-order valence-electron chi connectivity index (χ3n) is 3.10. The summed E-state index contributed by atoms with van der Waals surface area (Å²) in [5.74, 6) is 0. The van der Waals surface area contributed by atoms with Crippen LogP contribution in [-0.4, -0.2) is 6.04 Å². The number of nitrogens with two attached hydrogens (primary N) is 1. The quantitative estimate of drug-likeness (QED) is 0.523. The summed E-state index contributed by atoms with van der Waals surface area (Å²) < 4.78 is 0. The fourth-order valence-corrected chi connectivity index (χ4v) is 2.21. The first kappa shape index (κ1) is 5.72. The van der Waals surface area contributed by atoms with Crippen molar-refractivity contribution in [2.45, 2.75) is 44.6 Å². The van der Waals surface area contributed by atoms with Gasteiger partial charge in [-0.3, -0.25) is 0 Å². The molecule has 0 amide bonds. The second-order valence-electron chi connectivity index (χ2n) is 3.73. The van der Waals surface area contributed by atoms with Crippen LogP contribution in [0.15, 0.2) is 0 Å². The van der Waals surface area contributed by atoms with Gasteiger partial charge in [-0.15, -0.1) is 0 Å². The van der Waals surface area contributed by atoms with E-state index in [1.165, 1.54) is 38.5 Å². The molecule has 2 aliphatic carbocycles. The number of hydrogen-bond acceptors (Lipinski definition) is 1. The molecule has 1 atom stereocenters. The summed E-state index contributed by atoms with van der Waals surface area (Å²) >= 11 is 0. The molecule has 2 rings (SSSR count). The summed E-state index contributed by atoms with van der Waals surface area (Å²) in [5, 5.41) is 0. The van der Waals surface area contributed by atoms with Crippen molar-refractivity contribution in [3.63, 3.8) is 0 Å². The number of hydrogen-bond donors (Lipinski definition) is 1. The van der Waals surface area contributed by atoms with Crippen molar-refractivity contribution in [1.82, 2.24) is 0 Å². The largest absolute Gasteiger partial charge is 0.327 e. The maximum Gasteiger partial charge on any atom is 0.0102 e. The highest BCUT2D eigenvalue weighted by atomic mass is 14.8. The van der Waals surface area contributed by atoms with Gasteiger partial charge in [0.1, 0.15) is 0 Å². The lowest BCUT2D eigenvalue weighted by Crippen LogP contribution is -2.16. The molecular formula is C8H15N. The molecule has 1 heteroatoms. The smallest absolute Gasteiger partial charge is 0.0102 e. The molecule has 0 aromatic carbocycles. The summed E-state index contributed by atoms with van der Waals surface area (Å²) in [6, 6.07) is 0.581. The maximum absolute atomic E-state index is 5.83. The van der Waals surface area contributed by atoms with Gasteiger partial charge in [-0.2, -0.15) is 0 Å². The van der Waals surface area contributed by atoms with E-state index in [9.17, 15) is 0 Å². The van der Waals surface area contributed by atoms with E-state index in [-0.39, 0.29) is 0 Å². The SMILES string of the molecule is N[C@@H]1CC12CCCCC2. The molecule has 2 fully saturated rings. The molecule has 0 unspecified atom stereocenters. The van der Waals surface area contributed by atoms with Gasteiger partial charge in [-0.25, -0.2) is 0 Å². The third kappa shape index (κ3) is 0.787. The van der Waals surface area contributed by atoms with E-state index in [1.807, 2.05) is 0 Å². The van der Waals surface area contributed by atoms with Crippen LogP contribution in [0.2, 0.25) is 0 Å². The van der Waals surface area contributed by atoms with Gasteiger partial charge in [0, 0.05) is 6.04 Å². The van der Waals surface area contributed by atoms with Crippen LogP contribution in [-0.2, 0) is 0 Å². The average molecular weight is 125 g/mol. The minimum absolute atomic E-state index is 0.581. The van der Waals surface area contributed by atoms with Crippen LogP contribution in [0.3, 0.4) is 0 Å². The van der Waals surface area contributed by atoms with Crippen LogP contribution in [0, 0.1) is 5.41 Å². The Hall–Kier alpha value is -0.0400. The van der Waals surface area contributed by atoms with Crippen molar-refractivity contribution in [2.75, 3.05) is 0 Å². The first-order valence-electron chi connectivity index (χ1n) is 4.09. The zero-order chi connectivity index (χ0) is 6.32. The summed E-state index contributed by atoms with van der Waals surface area (Å²) in [5.41, 5.74) is 6.50. The summed E-state index contributed by atoms with van der Waals surface area (Å²) in [4.78, 5) is 0. The van der Waals surface area contributed by atoms with E-state index >= 15 is 0 Å².